The van der Waals surface area contributed by atoms with Crippen molar-refractivity contribution in [3.05, 3.63) is 59.9 Å². The van der Waals surface area contributed by atoms with Gasteiger partial charge in [-0.15, -0.1) is 0 Å². The van der Waals surface area contributed by atoms with E-state index >= 15 is 0 Å². The summed E-state index contributed by atoms with van der Waals surface area (Å²) in [5, 5.41) is 6.97. The minimum Gasteiger partial charge on any atom is -0.376 e. The number of hydrogen-bond acceptors (Lipinski definition) is 6. The summed E-state index contributed by atoms with van der Waals surface area (Å²) in [6.07, 6.45) is 2.75. The lowest BCUT2D eigenvalue weighted by Gasteiger charge is -2.26. The van der Waals surface area contributed by atoms with Crippen molar-refractivity contribution >= 4 is 27.3 Å². The quantitative estimate of drug-likeness (QED) is 0.584. The Kier molecular flexibility index (Phi) is 6.53. The van der Waals surface area contributed by atoms with Crippen molar-refractivity contribution in [2.24, 2.45) is 0 Å². The van der Waals surface area contributed by atoms with Gasteiger partial charge in [-0.3, -0.25) is 4.79 Å². The average molecular weight is 469 g/mol. The molecular weight excluding hydrogens is 440 g/mol. The molecule has 1 N–H and O–H groups in total. The molecule has 8 nitrogen and oxygen atoms in total. The van der Waals surface area contributed by atoms with E-state index in [1.807, 2.05) is 49.3 Å². The highest BCUT2D eigenvalue weighted by molar-refractivity contribution is 7.89. The maximum Gasteiger partial charge on any atom is 0.261 e. The highest BCUT2D eigenvalue weighted by Crippen LogP contribution is 2.32. The van der Waals surface area contributed by atoms with Gasteiger partial charge in [-0.1, -0.05) is 41.9 Å². The molecule has 0 spiro atoms. The summed E-state index contributed by atoms with van der Waals surface area (Å²) in [5.74, 6) is -0.0296. The number of sulfonamides is 1. The number of hydrogen-bond donors (Lipinski definition) is 1. The number of benzene rings is 2. The lowest BCUT2D eigenvalue weighted by molar-refractivity contribution is 0.102. The molecule has 9 heteroatoms. The van der Waals surface area contributed by atoms with Gasteiger partial charge in [-0.05, 0) is 38.0 Å². The van der Waals surface area contributed by atoms with Crippen LogP contribution in [0.25, 0.3) is 11.3 Å². The summed E-state index contributed by atoms with van der Waals surface area (Å²) in [7, 11) is 0.0311. The Hall–Kier alpha value is -3.17. The first kappa shape index (κ1) is 23.0. The summed E-state index contributed by atoms with van der Waals surface area (Å²) in [4.78, 5) is 15.3. The molecule has 1 saturated heterocycles. The second-order valence-electron chi connectivity index (χ2n) is 8.32. The Balaban J connectivity index is 1.70. The summed E-state index contributed by atoms with van der Waals surface area (Å²) in [5.41, 5.74) is 2.61. The SMILES string of the molecule is Cc1onc(-c2ccccc2)c1C(=O)Nc1cc(S(=O)(=O)N2CCCCC2)ccc1N(C)C. The monoisotopic (exact) mass is 468 g/mol. The Morgan fingerprint density at radius 2 is 1.76 bits per heavy atom. The molecule has 2 heterocycles. The van der Waals surface area contributed by atoms with E-state index < -0.39 is 15.9 Å². The lowest BCUT2D eigenvalue weighted by Crippen LogP contribution is -2.35. The topological polar surface area (TPSA) is 95.8 Å². The van der Waals surface area contributed by atoms with E-state index in [0.717, 1.165) is 24.8 Å². The van der Waals surface area contributed by atoms with Crippen LogP contribution < -0.4 is 10.2 Å². The van der Waals surface area contributed by atoms with E-state index in [4.69, 9.17) is 4.52 Å². The van der Waals surface area contributed by atoms with E-state index in [0.29, 0.717) is 41.5 Å². The van der Waals surface area contributed by atoms with Crippen LogP contribution in [0.15, 0.2) is 57.9 Å². The van der Waals surface area contributed by atoms with E-state index in [9.17, 15) is 13.2 Å². The number of nitrogens with one attached hydrogen (secondary N) is 1. The van der Waals surface area contributed by atoms with Crippen LogP contribution in [-0.4, -0.2) is 51.0 Å². The zero-order chi connectivity index (χ0) is 23.6. The molecule has 174 valence electrons. The third kappa shape index (κ3) is 4.65. The van der Waals surface area contributed by atoms with Gasteiger partial charge in [-0.2, -0.15) is 4.31 Å². The number of carbonyl (C=O) groups is 1. The molecule has 1 fully saturated rings. The van der Waals surface area contributed by atoms with Gasteiger partial charge in [0.2, 0.25) is 10.0 Å². The van der Waals surface area contributed by atoms with Crippen molar-refractivity contribution < 1.29 is 17.7 Å². The van der Waals surface area contributed by atoms with E-state index in [1.54, 1.807) is 19.1 Å². The minimum atomic E-state index is -3.64. The molecule has 4 rings (SSSR count). The van der Waals surface area contributed by atoms with Crippen LogP contribution in [0.3, 0.4) is 0 Å². The van der Waals surface area contributed by atoms with Crippen LogP contribution in [0.1, 0.15) is 35.4 Å². The van der Waals surface area contributed by atoms with Crippen molar-refractivity contribution in [3.8, 4) is 11.3 Å². The molecule has 3 aromatic rings. The van der Waals surface area contributed by atoms with Crippen molar-refractivity contribution in [2.45, 2.75) is 31.1 Å². The van der Waals surface area contributed by atoms with E-state index in [1.165, 1.54) is 10.4 Å². The second kappa shape index (κ2) is 9.36. The number of aryl methyl sites for hydroxylation is 1. The van der Waals surface area contributed by atoms with Gasteiger partial charge in [0.15, 0.2) is 0 Å². The Labute approximate surface area is 194 Å². The number of piperidine rings is 1. The molecule has 1 aliphatic rings. The standard InChI is InChI=1S/C24H28N4O4S/c1-17-22(23(26-32-17)18-10-6-4-7-11-18)24(29)25-20-16-19(12-13-21(20)27(2)3)33(30,31)28-14-8-5-9-15-28/h4,6-7,10-13,16H,5,8-9,14-15H2,1-3H3,(H,25,29). The predicted molar refractivity (Wildman–Crippen MR) is 128 cm³/mol. The summed E-state index contributed by atoms with van der Waals surface area (Å²) >= 11 is 0. The van der Waals surface area contributed by atoms with Gasteiger partial charge in [0, 0.05) is 32.7 Å². The van der Waals surface area contributed by atoms with Crippen LogP contribution in [0.2, 0.25) is 0 Å². The zero-order valence-electron chi connectivity index (χ0n) is 19.0. The fourth-order valence-corrected chi connectivity index (χ4v) is 5.58. The molecule has 1 amide bonds. The number of carbonyl (C=O) groups excluding carboxylic acids is 1. The maximum atomic E-state index is 13.3. The molecule has 0 atom stereocenters. The number of nitrogens with zero attached hydrogens (tertiary/aromatic N) is 3. The smallest absolute Gasteiger partial charge is 0.261 e. The van der Waals surface area contributed by atoms with Crippen LogP contribution in [0.4, 0.5) is 11.4 Å². The average Bonchev–Trinajstić information content (AvgIpc) is 3.21. The predicted octanol–water partition coefficient (Wildman–Crippen LogP) is 4.14. The van der Waals surface area contributed by atoms with E-state index in [-0.39, 0.29) is 4.90 Å². The number of aromatic nitrogens is 1. The third-order valence-electron chi connectivity index (χ3n) is 5.79. The van der Waals surface area contributed by atoms with Crippen molar-refractivity contribution in [1.29, 1.82) is 0 Å². The Bertz CT molecular complexity index is 1250. The van der Waals surface area contributed by atoms with Gasteiger partial charge >= 0.3 is 0 Å². The fourth-order valence-electron chi connectivity index (χ4n) is 4.04. The van der Waals surface area contributed by atoms with Gasteiger partial charge < -0.3 is 14.7 Å². The number of rotatable bonds is 6. The molecule has 1 aliphatic heterocycles. The van der Waals surface area contributed by atoms with Crippen LogP contribution >= 0.6 is 0 Å². The lowest BCUT2D eigenvalue weighted by atomic mass is 10.1. The molecule has 0 saturated carbocycles. The number of amides is 1. The Morgan fingerprint density at radius 3 is 2.42 bits per heavy atom. The maximum absolute atomic E-state index is 13.3. The number of anilines is 2. The molecule has 0 aliphatic carbocycles. The third-order valence-corrected chi connectivity index (χ3v) is 7.68. The molecule has 0 bridgehead atoms. The van der Waals surface area contributed by atoms with Crippen molar-refractivity contribution in [3.63, 3.8) is 0 Å². The van der Waals surface area contributed by atoms with Gasteiger partial charge in [0.1, 0.15) is 17.0 Å². The molecule has 33 heavy (non-hydrogen) atoms. The van der Waals surface area contributed by atoms with Crippen molar-refractivity contribution in [2.75, 3.05) is 37.4 Å². The molecular formula is C24H28N4O4S. The zero-order valence-corrected chi connectivity index (χ0v) is 19.9. The van der Waals surface area contributed by atoms with Gasteiger partial charge in [0.25, 0.3) is 5.91 Å². The van der Waals surface area contributed by atoms with Crippen LogP contribution in [0, 0.1) is 6.92 Å². The molecule has 0 unspecified atom stereocenters. The highest BCUT2D eigenvalue weighted by atomic mass is 32.2. The Morgan fingerprint density at radius 1 is 1.06 bits per heavy atom. The highest BCUT2D eigenvalue weighted by Gasteiger charge is 2.28. The summed E-state index contributed by atoms with van der Waals surface area (Å²) in [6.45, 7) is 2.71. The van der Waals surface area contributed by atoms with Crippen LogP contribution in [0.5, 0.6) is 0 Å². The van der Waals surface area contributed by atoms with Gasteiger partial charge in [0.05, 0.1) is 16.3 Å². The van der Waals surface area contributed by atoms with E-state index in [2.05, 4.69) is 10.5 Å². The molecule has 0 radical (unpaired) electrons. The van der Waals surface area contributed by atoms with Gasteiger partial charge in [-0.25, -0.2) is 8.42 Å². The molecule has 1 aromatic heterocycles. The summed E-state index contributed by atoms with van der Waals surface area (Å²) in [6, 6.07) is 14.1. The first-order valence-electron chi connectivity index (χ1n) is 10.9. The fraction of sp³-hybridized carbons (Fsp3) is 0.333. The second-order valence-corrected chi connectivity index (χ2v) is 10.3. The largest absolute Gasteiger partial charge is 0.376 e. The normalized spacial score (nSPS) is 14.8. The van der Waals surface area contributed by atoms with Crippen LogP contribution in [-0.2, 0) is 10.0 Å². The molecule has 2 aromatic carbocycles. The first-order chi connectivity index (χ1) is 15.8. The minimum absolute atomic E-state index is 0.163. The first-order valence-corrected chi connectivity index (χ1v) is 12.4. The summed E-state index contributed by atoms with van der Waals surface area (Å²) < 4.78 is 33.2. The van der Waals surface area contributed by atoms with Crippen molar-refractivity contribution in [1.82, 2.24) is 9.46 Å².